The number of aliphatic hydroxyl groups excluding tert-OH is 1. The number of nitrogens with zero attached hydrogens (tertiary/aromatic N) is 1. The summed E-state index contributed by atoms with van der Waals surface area (Å²) in [4.78, 5) is 16.9. The van der Waals surface area contributed by atoms with Crippen LogP contribution in [0.5, 0.6) is 11.5 Å². The molecule has 5 nitrogen and oxygen atoms in total. The molecule has 0 unspecified atom stereocenters. The number of ether oxygens (including phenoxy) is 2. The Balaban J connectivity index is 1.78. The number of carbonyl (C=O) groups is 1. The molecule has 0 spiro atoms. The van der Waals surface area contributed by atoms with Crippen molar-refractivity contribution < 1.29 is 19.4 Å². The van der Waals surface area contributed by atoms with Gasteiger partial charge >= 0.3 is 0 Å². The summed E-state index contributed by atoms with van der Waals surface area (Å²) in [5, 5.41) is 10.6. The molecule has 31 heavy (non-hydrogen) atoms. The minimum absolute atomic E-state index is 0.123. The third-order valence-electron chi connectivity index (χ3n) is 5.39. The maximum atomic E-state index is 12.2. The van der Waals surface area contributed by atoms with Crippen LogP contribution < -0.4 is 9.47 Å². The highest BCUT2D eigenvalue weighted by Gasteiger charge is 2.29. The molecule has 2 aromatic rings. The number of hydrogen-bond donors (Lipinski definition) is 1. The van der Waals surface area contributed by atoms with Crippen molar-refractivity contribution in [3.8, 4) is 11.5 Å². The first-order valence-corrected chi connectivity index (χ1v) is 10.9. The molecule has 0 aliphatic heterocycles. The smallest absolute Gasteiger partial charge is 0.164 e. The number of aliphatic hydroxyl groups is 1. The molecule has 0 amide bonds. The molecule has 0 heterocycles. The van der Waals surface area contributed by atoms with Crippen molar-refractivity contribution in [1.82, 2.24) is 0 Å². The maximum absolute atomic E-state index is 12.2. The molecule has 1 atom stereocenters. The highest BCUT2D eigenvalue weighted by molar-refractivity contribution is 6.22. The van der Waals surface area contributed by atoms with Gasteiger partial charge in [0.2, 0.25) is 0 Å². The first kappa shape index (κ1) is 22.6. The quantitative estimate of drug-likeness (QED) is 0.585. The van der Waals surface area contributed by atoms with Crippen LogP contribution in [-0.4, -0.2) is 36.4 Å². The highest BCUT2D eigenvalue weighted by Crippen LogP contribution is 2.34. The average molecular weight is 422 g/mol. The lowest BCUT2D eigenvalue weighted by Crippen LogP contribution is -2.23. The normalized spacial score (nSPS) is 17.6. The van der Waals surface area contributed by atoms with Crippen molar-refractivity contribution in [3.63, 3.8) is 0 Å². The molecule has 0 saturated carbocycles. The third kappa shape index (κ3) is 5.75. The van der Waals surface area contributed by atoms with Gasteiger partial charge in [-0.2, -0.15) is 0 Å². The van der Waals surface area contributed by atoms with E-state index in [-0.39, 0.29) is 17.5 Å². The van der Waals surface area contributed by atoms with Crippen LogP contribution in [-0.2, 0) is 11.2 Å². The molecule has 164 valence electrons. The molecule has 0 aromatic heterocycles. The topological polar surface area (TPSA) is 68.1 Å². The summed E-state index contributed by atoms with van der Waals surface area (Å²) < 4.78 is 11.3. The van der Waals surface area contributed by atoms with Gasteiger partial charge in [0.25, 0.3) is 0 Å². The number of Topliss-reactive ketones (excluding diaryl/α,β-unsaturated/α-hetero) is 1. The fourth-order valence-corrected chi connectivity index (χ4v) is 3.99. The highest BCUT2D eigenvalue weighted by atomic mass is 16.5. The van der Waals surface area contributed by atoms with E-state index < -0.39 is 0 Å². The zero-order chi connectivity index (χ0) is 22.2. The van der Waals surface area contributed by atoms with Gasteiger partial charge < -0.3 is 14.6 Å². The SMILES string of the molecule is CCOc1ccc(CCN=C2C[C@@H](c3ccccc3)CC(O)=C2C(C)=O)cc1OCC. The van der Waals surface area contributed by atoms with Crippen molar-refractivity contribution in [2.45, 2.75) is 46.0 Å². The number of aliphatic imine (C=N–C) groups is 1. The number of benzene rings is 2. The molecule has 1 N–H and O–H groups in total. The second kappa shape index (κ2) is 10.8. The Morgan fingerprint density at radius 3 is 2.42 bits per heavy atom. The van der Waals surface area contributed by atoms with Crippen LogP contribution >= 0.6 is 0 Å². The Morgan fingerprint density at radius 1 is 1.03 bits per heavy atom. The molecule has 3 rings (SSSR count). The number of hydrogen-bond acceptors (Lipinski definition) is 5. The van der Waals surface area contributed by atoms with E-state index in [4.69, 9.17) is 14.5 Å². The third-order valence-corrected chi connectivity index (χ3v) is 5.39. The van der Waals surface area contributed by atoms with Crippen molar-refractivity contribution in [2.24, 2.45) is 4.99 Å². The predicted octanol–water partition coefficient (Wildman–Crippen LogP) is 5.45. The Hall–Kier alpha value is -3.08. The summed E-state index contributed by atoms with van der Waals surface area (Å²) in [6.45, 7) is 7.06. The fourth-order valence-electron chi connectivity index (χ4n) is 3.99. The van der Waals surface area contributed by atoms with E-state index in [1.807, 2.05) is 50.2 Å². The minimum Gasteiger partial charge on any atom is -0.511 e. The lowest BCUT2D eigenvalue weighted by Gasteiger charge is -2.25. The van der Waals surface area contributed by atoms with Crippen molar-refractivity contribution in [2.75, 3.05) is 19.8 Å². The summed E-state index contributed by atoms with van der Waals surface area (Å²) in [5.41, 5.74) is 3.32. The second-order valence-corrected chi connectivity index (χ2v) is 7.62. The zero-order valence-corrected chi connectivity index (χ0v) is 18.6. The van der Waals surface area contributed by atoms with Gasteiger partial charge in [-0.25, -0.2) is 0 Å². The molecule has 2 aromatic carbocycles. The first-order chi connectivity index (χ1) is 15.0. The second-order valence-electron chi connectivity index (χ2n) is 7.62. The standard InChI is InChI=1S/C26H31NO4/c1-4-30-24-12-11-19(15-25(24)31-5-2)13-14-27-22-16-21(20-9-7-6-8-10-20)17-23(29)26(22)18(3)28/h6-12,15,21,29H,4-5,13-14,16-17H2,1-3H3/t21-/m1/s1. The Labute approximate surface area is 184 Å². The fraction of sp³-hybridized carbons (Fsp3) is 0.385. The average Bonchev–Trinajstić information content (AvgIpc) is 2.76. The molecule has 1 aliphatic rings. The summed E-state index contributed by atoms with van der Waals surface area (Å²) in [6, 6.07) is 16.0. The van der Waals surface area contributed by atoms with E-state index in [9.17, 15) is 9.90 Å². The van der Waals surface area contributed by atoms with E-state index >= 15 is 0 Å². The molecule has 0 radical (unpaired) electrons. The van der Waals surface area contributed by atoms with Crippen LogP contribution in [0.15, 0.2) is 64.9 Å². The summed E-state index contributed by atoms with van der Waals surface area (Å²) >= 11 is 0. The van der Waals surface area contributed by atoms with Gasteiger partial charge in [0.15, 0.2) is 17.3 Å². The van der Waals surface area contributed by atoms with Crippen LogP contribution in [0.1, 0.15) is 50.7 Å². The van der Waals surface area contributed by atoms with E-state index in [0.29, 0.717) is 50.3 Å². The lowest BCUT2D eigenvalue weighted by molar-refractivity contribution is -0.113. The van der Waals surface area contributed by atoms with Crippen LogP contribution in [0.3, 0.4) is 0 Å². The number of ketones is 1. The Morgan fingerprint density at radius 2 is 1.74 bits per heavy atom. The zero-order valence-electron chi connectivity index (χ0n) is 18.6. The van der Waals surface area contributed by atoms with Crippen molar-refractivity contribution in [1.29, 1.82) is 0 Å². The Bertz CT molecular complexity index is 963. The predicted molar refractivity (Wildman–Crippen MR) is 124 cm³/mol. The van der Waals surface area contributed by atoms with Crippen LogP contribution in [0, 0.1) is 0 Å². The molecule has 5 heteroatoms. The molecular weight excluding hydrogens is 390 g/mol. The van der Waals surface area contributed by atoms with Gasteiger partial charge in [-0.1, -0.05) is 36.4 Å². The minimum atomic E-state index is -0.137. The van der Waals surface area contributed by atoms with Gasteiger partial charge in [0.1, 0.15) is 5.76 Å². The van der Waals surface area contributed by atoms with Crippen molar-refractivity contribution in [3.05, 3.63) is 71.0 Å². The van der Waals surface area contributed by atoms with Gasteiger partial charge in [0, 0.05) is 18.7 Å². The number of carbonyl (C=O) groups excluding carboxylic acids is 1. The summed E-state index contributed by atoms with van der Waals surface area (Å²) in [6.07, 6.45) is 1.82. The van der Waals surface area contributed by atoms with E-state index in [0.717, 1.165) is 22.6 Å². The lowest BCUT2D eigenvalue weighted by atomic mass is 9.81. The van der Waals surface area contributed by atoms with Gasteiger partial charge in [-0.3, -0.25) is 9.79 Å². The Kier molecular flexibility index (Phi) is 7.88. The monoisotopic (exact) mass is 421 g/mol. The van der Waals surface area contributed by atoms with Gasteiger partial charge in [-0.15, -0.1) is 0 Å². The first-order valence-electron chi connectivity index (χ1n) is 10.9. The molecule has 0 bridgehead atoms. The molecule has 0 saturated heterocycles. The number of rotatable bonds is 9. The maximum Gasteiger partial charge on any atom is 0.164 e. The van der Waals surface area contributed by atoms with Gasteiger partial charge in [0.05, 0.1) is 18.8 Å². The van der Waals surface area contributed by atoms with Crippen LogP contribution in [0.25, 0.3) is 0 Å². The molecular formula is C26H31NO4. The molecule has 1 aliphatic carbocycles. The van der Waals surface area contributed by atoms with Crippen LogP contribution in [0.4, 0.5) is 0 Å². The summed E-state index contributed by atoms with van der Waals surface area (Å²) in [5.74, 6) is 1.61. The number of allylic oxidation sites excluding steroid dienone is 2. The van der Waals surface area contributed by atoms with E-state index in [1.165, 1.54) is 6.92 Å². The van der Waals surface area contributed by atoms with Crippen LogP contribution in [0.2, 0.25) is 0 Å². The van der Waals surface area contributed by atoms with E-state index in [2.05, 4.69) is 12.1 Å². The van der Waals surface area contributed by atoms with E-state index in [1.54, 1.807) is 0 Å². The molecule has 0 fully saturated rings. The van der Waals surface area contributed by atoms with Crippen molar-refractivity contribution >= 4 is 11.5 Å². The summed E-state index contributed by atoms with van der Waals surface area (Å²) in [7, 11) is 0. The van der Waals surface area contributed by atoms with Gasteiger partial charge in [-0.05, 0) is 62.8 Å². The largest absolute Gasteiger partial charge is 0.511 e.